The van der Waals surface area contributed by atoms with Gasteiger partial charge in [0.1, 0.15) is 24.7 Å². The molecule has 20 nitrogen and oxygen atoms in total. The van der Waals surface area contributed by atoms with Crippen molar-refractivity contribution in [1.29, 1.82) is 0 Å². The Labute approximate surface area is 456 Å². The van der Waals surface area contributed by atoms with Crippen LogP contribution in [0.2, 0.25) is 0 Å². The van der Waals surface area contributed by atoms with Crippen LogP contribution in [0.15, 0.2) is 64.7 Å². The summed E-state index contributed by atoms with van der Waals surface area (Å²) in [5.74, 6) is -7.05. The number of nitrogens with one attached hydrogen (secondary N) is 2. The summed E-state index contributed by atoms with van der Waals surface area (Å²) in [6.45, 7) is 13.1. The highest BCUT2D eigenvalue weighted by atomic mass is 16.7. The molecule has 0 amide bonds. The first-order valence-corrected chi connectivity index (χ1v) is 27.6. The van der Waals surface area contributed by atoms with Gasteiger partial charge in [0.15, 0.2) is 11.7 Å². The molecule has 442 valence electrons. The third-order valence-electron chi connectivity index (χ3n) is 15.0. The van der Waals surface area contributed by atoms with Crippen molar-refractivity contribution in [2.24, 2.45) is 34.6 Å². The number of nitrogens with zero attached hydrogens (tertiary/aromatic N) is 1. The van der Waals surface area contributed by atoms with Crippen LogP contribution >= 0.6 is 0 Å². The van der Waals surface area contributed by atoms with Crippen LogP contribution in [0.5, 0.6) is 0 Å². The van der Waals surface area contributed by atoms with Crippen molar-refractivity contribution in [1.82, 2.24) is 10.6 Å². The van der Waals surface area contributed by atoms with E-state index in [0.29, 0.717) is 11.1 Å². The number of aliphatic carboxylic acids is 1. The SMILES string of the molecule is CN=C(NC)NCCC/C=C/CCCC(C)C1OC(=O)/C(C)=C\C=C/C(C)C(O)CC(O)C(C)C(O)CCC(C)C(O)CC2(O)OC(CC(OC(=O)CC(=O)O)CC(O)CC(O)CC(O)/C(C)=C\C=C/C1C)CC(O)C2O. The molecule has 0 aromatic rings. The summed E-state index contributed by atoms with van der Waals surface area (Å²) in [7, 11) is 3.53. The average Bonchev–Trinajstić information content (AvgIpc) is 3.35. The predicted molar refractivity (Wildman–Crippen MR) is 292 cm³/mol. The molecule has 1 saturated heterocycles. The van der Waals surface area contributed by atoms with Crippen LogP contribution in [0.1, 0.15) is 145 Å². The molecule has 20 heteroatoms. The van der Waals surface area contributed by atoms with Gasteiger partial charge in [-0.3, -0.25) is 14.6 Å². The minimum absolute atomic E-state index is 0.0578. The minimum atomic E-state index is -2.52. The van der Waals surface area contributed by atoms with Crippen molar-refractivity contribution in [3.63, 3.8) is 0 Å². The number of carboxylic acid groups (broad SMARTS) is 1. The number of guanidine groups is 1. The summed E-state index contributed by atoms with van der Waals surface area (Å²) in [5.41, 5.74) is 0.809. The molecule has 2 aliphatic heterocycles. The number of carbonyl (C=O) groups excluding carboxylic acids is 2. The van der Waals surface area contributed by atoms with Crippen LogP contribution in [0, 0.1) is 29.6 Å². The number of cyclic esters (lactones) is 1. The van der Waals surface area contributed by atoms with Gasteiger partial charge >= 0.3 is 17.9 Å². The lowest BCUT2D eigenvalue weighted by Crippen LogP contribution is -2.60. The van der Waals surface area contributed by atoms with E-state index in [2.05, 4.69) is 27.8 Å². The molecule has 0 aromatic heterocycles. The Morgan fingerprint density at radius 1 is 0.805 bits per heavy atom. The Balaban J connectivity index is 2.43. The van der Waals surface area contributed by atoms with E-state index in [4.69, 9.17) is 14.2 Å². The van der Waals surface area contributed by atoms with Gasteiger partial charge in [-0.15, -0.1) is 0 Å². The Bertz CT molecular complexity index is 1940. The maximum atomic E-state index is 13.6. The number of hydrogen-bond donors (Lipinski definition) is 13. The molecule has 77 heavy (non-hydrogen) atoms. The lowest BCUT2D eigenvalue weighted by atomic mass is 9.84. The number of aliphatic hydroxyl groups is 10. The van der Waals surface area contributed by atoms with Crippen LogP contribution < -0.4 is 10.6 Å². The molecule has 0 aromatic carbocycles. The van der Waals surface area contributed by atoms with Crippen molar-refractivity contribution in [3.8, 4) is 0 Å². The first kappa shape index (κ1) is 69.0. The summed E-state index contributed by atoms with van der Waals surface area (Å²) < 4.78 is 17.5. The number of fused-ring (bicyclic) bond motifs is 2. The topological polar surface area (TPSA) is 338 Å². The normalized spacial score (nSPS) is 37.6. The van der Waals surface area contributed by atoms with Gasteiger partial charge in [0.2, 0.25) is 0 Å². The Morgan fingerprint density at radius 2 is 1.44 bits per heavy atom. The van der Waals surface area contributed by atoms with Crippen LogP contribution in [0.4, 0.5) is 0 Å². The summed E-state index contributed by atoms with van der Waals surface area (Å²) in [6.07, 6.45) is 1.28. The highest BCUT2D eigenvalue weighted by molar-refractivity contribution is 5.90. The maximum absolute atomic E-state index is 13.6. The molecule has 0 spiro atoms. The second kappa shape index (κ2) is 35.5. The molecule has 1 fully saturated rings. The molecule has 2 aliphatic rings. The van der Waals surface area contributed by atoms with Gasteiger partial charge in [-0.25, -0.2) is 4.79 Å². The smallest absolute Gasteiger partial charge is 0.334 e. The van der Waals surface area contributed by atoms with E-state index in [1.165, 1.54) is 0 Å². The summed E-state index contributed by atoms with van der Waals surface area (Å²) in [4.78, 5) is 41.7. The van der Waals surface area contributed by atoms with Crippen molar-refractivity contribution in [3.05, 3.63) is 59.8 Å². The van der Waals surface area contributed by atoms with Gasteiger partial charge < -0.3 is 81.0 Å². The number of rotatable bonds is 12. The van der Waals surface area contributed by atoms with Crippen LogP contribution in [-0.2, 0) is 28.6 Å². The van der Waals surface area contributed by atoms with E-state index in [9.17, 15) is 70.6 Å². The molecule has 2 rings (SSSR count). The fraction of sp³-hybridized carbons (Fsp3) is 0.754. The summed E-state index contributed by atoms with van der Waals surface area (Å²) in [6, 6.07) is 0. The molecular weight excluding hydrogens is 999 g/mol. The molecule has 13 N–H and O–H groups in total. The predicted octanol–water partition coefficient (Wildman–Crippen LogP) is 3.63. The second-order valence-corrected chi connectivity index (χ2v) is 21.8. The van der Waals surface area contributed by atoms with Gasteiger partial charge in [-0.1, -0.05) is 83.2 Å². The van der Waals surface area contributed by atoms with E-state index in [1.54, 1.807) is 72.0 Å². The quantitative estimate of drug-likeness (QED) is 0.0331. The molecule has 0 radical (unpaired) electrons. The molecule has 0 aliphatic carbocycles. The third-order valence-corrected chi connectivity index (χ3v) is 15.0. The van der Waals surface area contributed by atoms with Crippen molar-refractivity contribution in [2.75, 3.05) is 20.6 Å². The van der Waals surface area contributed by atoms with Crippen molar-refractivity contribution < 1.29 is 84.8 Å². The van der Waals surface area contributed by atoms with E-state index in [0.717, 1.165) is 44.6 Å². The molecule has 2 bridgehead atoms. The largest absolute Gasteiger partial charge is 0.481 e. The summed E-state index contributed by atoms with van der Waals surface area (Å²) >= 11 is 0. The highest BCUT2D eigenvalue weighted by Gasteiger charge is 2.50. The van der Waals surface area contributed by atoms with Gasteiger partial charge in [0, 0.05) is 82.5 Å². The fourth-order valence-electron chi connectivity index (χ4n) is 9.63. The number of aliphatic hydroxyl groups excluding tert-OH is 9. The fourth-order valence-corrected chi connectivity index (χ4v) is 9.63. The average molecular weight is 1100 g/mol. The van der Waals surface area contributed by atoms with E-state index < -0.39 is 128 Å². The van der Waals surface area contributed by atoms with E-state index in [1.807, 2.05) is 27.0 Å². The van der Waals surface area contributed by atoms with E-state index in [-0.39, 0.29) is 63.2 Å². The Kier molecular flexibility index (Phi) is 31.9. The molecule has 2 heterocycles. The van der Waals surface area contributed by atoms with E-state index >= 15 is 0 Å². The number of unbranched alkanes of at least 4 members (excludes halogenated alkanes) is 2. The Morgan fingerprint density at radius 3 is 2.09 bits per heavy atom. The first-order chi connectivity index (χ1) is 36.2. The minimum Gasteiger partial charge on any atom is -0.481 e. The second-order valence-electron chi connectivity index (χ2n) is 21.8. The number of allylic oxidation sites excluding steroid dienone is 6. The molecule has 18 atom stereocenters. The maximum Gasteiger partial charge on any atom is 0.334 e. The highest BCUT2D eigenvalue weighted by Crippen LogP contribution is 2.36. The van der Waals surface area contributed by atoms with Gasteiger partial charge in [-0.2, -0.15) is 0 Å². The van der Waals surface area contributed by atoms with Crippen LogP contribution in [0.25, 0.3) is 0 Å². The summed E-state index contributed by atoms with van der Waals surface area (Å²) in [5, 5.41) is 127. The van der Waals surface area contributed by atoms with Crippen molar-refractivity contribution in [2.45, 2.75) is 224 Å². The number of aliphatic imine (C=N–C) groups is 1. The van der Waals surface area contributed by atoms with Gasteiger partial charge in [-0.05, 0) is 82.6 Å². The molecule has 18 unspecified atom stereocenters. The molecule has 0 saturated carbocycles. The zero-order valence-corrected chi connectivity index (χ0v) is 47.1. The number of ether oxygens (including phenoxy) is 3. The number of hydrogen-bond acceptors (Lipinski definition) is 17. The van der Waals surface area contributed by atoms with Crippen LogP contribution in [0.3, 0.4) is 0 Å². The number of esters is 2. The lowest BCUT2D eigenvalue weighted by molar-refractivity contribution is -0.333. The zero-order chi connectivity index (χ0) is 58.0. The van der Waals surface area contributed by atoms with Crippen LogP contribution in [-0.4, -0.2) is 180 Å². The van der Waals surface area contributed by atoms with Gasteiger partial charge in [0.05, 0.1) is 54.9 Å². The zero-order valence-electron chi connectivity index (χ0n) is 47.1. The van der Waals surface area contributed by atoms with Gasteiger partial charge in [0.25, 0.3) is 0 Å². The van der Waals surface area contributed by atoms with Crippen molar-refractivity contribution >= 4 is 23.9 Å². The monoisotopic (exact) mass is 1100 g/mol. The number of carboxylic acids is 1. The standard InChI is InChI=1S/C57H97N3O17/c1-34-19-16-21-38(5)53(37(4)18-14-12-10-11-13-15-25-60-56(58-8)59-9)76-55(73)39(6)22-17-20-35(2)47(65)31-48(66)40(7)45(63)24-23-36(3)50(68)33-57(74)54(72)49(67)30-44(77-57)29-43(75-52(71)32-51(69)70)27-41(61)26-42(62)28-46(34)64/h10-11,16-17,19-22,35-38,40-50,53-54,61-68,72,74H,12-15,18,23-33H2,1-9H3,(H,69,70)(H2,58,59,60)/b11-10+,20-17-,21-16-,34-19-,39-22-. The Hall–Kier alpha value is -4.06. The number of carbonyl (C=O) groups is 3. The first-order valence-electron chi connectivity index (χ1n) is 27.6. The third kappa shape index (κ3) is 25.7. The molecular formula is C57H97N3O17. The lowest BCUT2D eigenvalue weighted by Gasteiger charge is -2.45.